The van der Waals surface area contributed by atoms with Crippen molar-refractivity contribution in [3.05, 3.63) is 27.7 Å². The van der Waals surface area contributed by atoms with Gasteiger partial charge in [-0.05, 0) is 25.5 Å². The molecule has 1 amide bonds. The Morgan fingerprint density at radius 2 is 2.14 bits per heavy atom. The van der Waals surface area contributed by atoms with Crippen molar-refractivity contribution in [3.63, 3.8) is 0 Å². The topological polar surface area (TPSA) is 70.0 Å². The summed E-state index contributed by atoms with van der Waals surface area (Å²) in [6.07, 6.45) is -1.17. The molecular formula is C14H15Cl2NO4. The second kappa shape index (κ2) is 5.23. The number of benzene rings is 1. The minimum atomic E-state index is -0.744. The molecule has 2 aliphatic heterocycles. The minimum absolute atomic E-state index is 0.0672. The number of phenolic OH excluding ortho intramolecular Hbond substituents is 1. The Morgan fingerprint density at radius 3 is 2.81 bits per heavy atom. The summed E-state index contributed by atoms with van der Waals surface area (Å²) in [5, 5.41) is 20.5. The molecule has 0 radical (unpaired) electrons. The SMILES string of the molecule is C[C@H](O)[C@H]1OC(=O)N2C[C@@H](c3c(O)ccc(Cl)c3Cl)C[C@@H]12. The number of hydrogen-bond donors (Lipinski definition) is 2. The number of aliphatic hydroxyl groups excluding tert-OH is 1. The third kappa shape index (κ3) is 2.33. The number of fused-ring (bicyclic) bond motifs is 1. The number of cyclic esters (lactones) is 1. The van der Waals surface area contributed by atoms with Crippen LogP contribution in [-0.2, 0) is 4.74 Å². The maximum absolute atomic E-state index is 11.9. The van der Waals surface area contributed by atoms with E-state index in [9.17, 15) is 15.0 Å². The fourth-order valence-corrected chi connectivity index (χ4v) is 3.70. The van der Waals surface area contributed by atoms with E-state index in [0.29, 0.717) is 28.6 Å². The van der Waals surface area contributed by atoms with Gasteiger partial charge < -0.3 is 19.8 Å². The van der Waals surface area contributed by atoms with Crippen LogP contribution in [0, 0.1) is 0 Å². The van der Waals surface area contributed by atoms with E-state index in [1.54, 1.807) is 11.8 Å². The molecular weight excluding hydrogens is 317 g/mol. The summed E-state index contributed by atoms with van der Waals surface area (Å²) in [6, 6.07) is 2.82. The van der Waals surface area contributed by atoms with Crippen LogP contribution in [0.3, 0.4) is 0 Å². The number of aromatic hydroxyl groups is 1. The Balaban J connectivity index is 1.92. The van der Waals surface area contributed by atoms with E-state index in [4.69, 9.17) is 27.9 Å². The largest absolute Gasteiger partial charge is 0.508 e. The van der Waals surface area contributed by atoms with Gasteiger partial charge in [0.15, 0.2) is 0 Å². The highest BCUT2D eigenvalue weighted by atomic mass is 35.5. The number of hydrogen-bond acceptors (Lipinski definition) is 4. The number of ether oxygens (including phenoxy) is 1. The van der Waals surface area contributed by atoms with Crippen LogP contribution in [0.25, 0.3) is 0 Å². The van der Waals surface area contributed by atoms with Crippen molar-refractivity contribution >= 4 is 29.3 Å². The number of aliphatic hydroxyl groups is 1. The quantitative estimate of drug-likeness (QED) is 0.874. The fourth-order valence-electron chi connectivity index (χ4n) is 3.22. The van der Waals surface area contributed by atoms with E-state index in [-0.39, 0.29) is 17.7 Å². The molecule has 5 nitrogen and oxygen atoms in total. The highest BCUT2D eigenvalue weighted by Gasteiger charge is 2.50. The molecule has 2 saturated heterocycles. The number of carbonyl (C=O) groups is 1. The van der Waals surface area contributed by atoms with Gasteiger partial charge in [0.05, 0.1) is 22.2 Å². The zero-order chi connectivity index (χ0) is 15.3. The van der Waals surface area contributed by atoms with Crippen LogP contribution in [0.1, 0.15) is 24.8 Å². The Kier molecular flexibility index (Phi) is 3.67. The first-order valence-corrected chi connectivity index (χ1v) is 7.48. The predicted molar refractivity (Wildman–Crippen MR) is 77.9 cm³/mol. The van der Waals surface area contributed by atoms with Gasteiger partial charge in [-0.2, -0.15) is 0 Å². The highest BCUT2D eigenvalue weighted by molar-refractivity contribution is 6.42. The molecule has 2 fully saturated rings. The van der Waals surface area contributed by atoms with Crippen molar-refractivity contribution in [2.45, 2.75) is 37.5 Å². The molecule has 21 heavy (non-hydrogen) atoms. The van der Waals surface area contributed by atoms with E-state index in [0.717, 1.165) is 0 Å². The first-order valence-electron chi connectivity index (χ1n) is 6.72. The van der Waals surface area contributed by atoms with Crippen LogP contribution < -0.4 is 0 Å². The summed E-state index contributed by atoms with van der Waals surface area (Å²) in [7, 11) is 0. The monoisotopic (exact) mass is 331 g/mol. The second-order valence-corrected chi connectivity index (χ2v) is 6.32. The number of carbonyl (C=O) groups excluding carboxylic acids is 1. The average Bonchev–Trinajstić information content (AvgIpc) is 2.96. The maximum Gasteiger partial charge on any atom is 0.410 e. The molecule has 1 aromatic rings. The van der Waals surface area contributed by atoms with Crippen LogP contribution in [0.2, 0.25) is 10.0 Å². The molecule has 2 N–H and O–H groups in total. The van der Waals surface area contributed by atoms with Gasteiger partial charge in [0.1, 0.15) is 11.9 Å². The molecule has 0 bridgehead atoms. The lowest BCUT2D eigenvalue weighted by atomic mass is 9.93. The van der Waals surface area contributed by atoms with Crippen molar-refractivity contribution in [2.75, 3.05) is 6.54 Å². The summed E-state index contributed by atoms with van der Waals surface area (Å²) in [5.41, 5.74) is 0.552. The van der Waals surface area contributed by atoms with E-state index in [1.807, 2.05) is 0 Å². The van der Waals surface area contributed by atoms with E-state index in [2.05, 4.69) is 0 Å². The van der Waals surface area contributed by atoms with Gasteiger partial charge in [-0.1, -0.05) is 23.2 Å². The van der Waals surface area contributed by atoms with E-state index in [1.165, 1.54) is 12.1 Å². The van der Waals surface area contributed by atoms with Crippen molar-refractivity contribution < 1.29 is 19.7 Å². The molecule has 0 aromatic heterocycles. The summed E-state index contributed by atoms with van der Waals surface area (Å²) in [4.78, 5) is 13.4. The zero-order valence-electron chi connectivity index (χ0n) is 11.3. The first kappa shape index (κ1) is 14.8. The predicted octanol–water partition coefficient (Wildman–Crippen LogP) is 2.76. The van der Waals surface area contributed by atoms with Crippen molar-refractivity contribution in [2.24, 2.45) is 0 Å². The number of amides is 1. The Bertz CT molecular complexity index is 593. The van der Waals surface area contributed by atoms with Crippen LogP contribution in [-0.4, -0.2) is 46.0 Å². The number of nitrogens with zero attached hydrogens (tertiary/aromatic N) is 1. The number of halogens is 2. The molecule has 4 atom stereocenters. The molecule has 2 aliphatic rings. The van der Waals surface area contributed by atoms with Crippen molar-refractivity contribution in [1.29, 1.82) is 0 Å². The molecule has 0 spiro atoms. The lowest BCUT2D eigenvalue weighted by Gasteiger charge is -2.19. The average molecular weight is 332 g/mol. The molecule has 3 rings (SSSR count). The van der Waals surface area contributed by atoms with Gasteiger partial charge in [-0.15, -0.1) is 0 Å². The number of rotatable bonds is 2. The molecule has 0 saturated carbocycles. The summed E-state index contributed by atoms with van der Waals surface area (Å²) < 4.78 is 5.17. The maximum atomic E-state index is 11.9. The molecule has 1 aromatic carbocycles. The van der Waals surface area contributed by atoms with Crippen molar-refractivity contribution in [1.82, 2.24) is 4.90 Å². The summed E-state index contributed by atoms with van der Waals surface area (Å²) in [5.74, 6) is -0.0622. The summed E-state index contributed by atoms with van der Waals surface area (Å²) >= 11 is 12.2. The normalized spacial score (nSPS) is 29.4. The standard InChI is InChI=1S/C14H15Cl2NO4/c1-6(18)13-9-4-7(5-17(9)14(20)21-13)11-10(19)3-2-8(15)12(11)16/h2-3,6-7,9,13,18-19H,4-5H2,1H3/t6-,7-,9-,13+/m0/s1. The fraction of sp³-hybridized carbons (Fsp3) is 0.500. The third-order valence-corrected chi connectivity index (χ3v) is 5.01. The van der Waals surface area contributed by atoms with Gasteiger partial charge in [-0.25, -0.2) is 4.79 Å². The van der Waals surface area contributed by atoms with Gasteiger partial charge in [0.25, 0.3) is 0 Å². The smallest absolute Gasteiger partial charge is 0.410 e. The van der Waals surface area contributed by atoms with Crippen LogP contribution in [0.15, 0.2) is 12.1 Å². The third-order valence-electron chi connectivity index (χ3n) is 4.19. The Labute approximate surface area is 132 Å². The Morgan fingerprint density at radius 1 is 1.43 bits per heavy atom. The van der Waals surface area contributed by atoms with Crippen LogP contribution in [0.5, 0.6) is 5.75 Å². The lowest BCUT2D eigenvalue weighted by Crippen LogP contribution is -2.36. The zero-order valence-corrected chi connectivity index (χ0v) is 12.8. The summed E-state index contributed by atoms with van der Waals surface area (Å²) in [6.45, 7) is 1.99. The van der Waals surface area contributed by atoms with Crippen LogP contribution >= 0.6 is 23.2 Å². The van der Waals surface area contributed by atoms with Gasteiger partial charge in [0.2, 0.25) is 0 Å². The first-order chi connectivity index (χ1) is 9.90. The molecule has 114 valence electrons. The number of phenols is 1. The molecule has 0 aliphatic carbocycles. The molecule has 2 heterocycles. The van der Waals surface area contributed by atoms with Gasteiger partial charge in [0, 0.05) is 18.0 Å². The minimum Gasteiger partial charge on any atom is -0.508 e. The second-order valence-electron chi connectivity index (χ2n) is 5.54. The van der Waals surface area contributed by atoms with Crippen molar-refractivity contribution in [3.8, 4) is 5.75 Å². The van der Waals surface area contributed by atoms with E-state index < -0.39 is 18.3 Å². The lowest BCUT2D eigenvalue weighted by molar-refractivity contribution is 0.0283. The highest BCUT2D eigenvalue weighted by Crippen LogP contribution is 2.45. The van der Waals surface area contributed by atoms with Gasteiger partial charge >= 0.3 is 6.09 Å². The molecule has 7 heteroatoms. The van der Waals surface area contributed by atoms with E-state index >= 15 is 0 Å². The molecule has 0 unspecified atom stereocenters. The Hall–Kier alpha value is -1.17. The van der Waals surface area contributed by atoms with Crippen LogP contribution in [0.4, 0.5) is 4.79 Å². The van der Waals surface area contributed by atoms with Gasteiger partial charge in [-0.3, -0.25) is 0 Å².